The Morgan fingerprint density at radius 2 is 1.81 bits per heavy atom. The fraction of sp³-hybridized carbons (Fsp3) is 0.350. The Morgan fingerprint density at radius 1 is 1.08 bits per heavy atom. The minimum Gasteiger partial charge on any atom is -0.334 e. The minimum atomic E-state index is -3.31. The molecule has 1 atom stereocenters. The van der Waals surface area contributed by atoms with E-state index in [0.717, 1.165) is 12.0 Å². The SMILES string of the molecule is CC1Cc2cc(C(=O)N3CCc4ccccc4C3)ccc2N1S(C)(=O)=O. The van der Waals surface area contributed by atoms with Crippen molar-refractivity contribution in [3.8, 4) is 0 Å². The molecule has 0 aromatic heterocycles. The summed E-state index contributed by atoms with van der Waals surface area (Å²) in [5.74, 6) is 0.00719. The maximum Gasteiger partial charge on any atom is 0.254 e. The van der Waals surface area contributed by atoms with Crippen LogP contribution in [-0.4, -0.2) is 38.1 Å². The molecule has 2 aliphatic heterocycles. The Balaban J connectivity index is 1.61. The van der Waals surface area contributed by atoms with Crippen LogP contribution in [0.25, 0.3) is 0 Å². The molecule has 0 bridgehead atoms. The van der Waals surface area contributed by atoms with Crippen LogP contribution < -0.4 is 4.31 Å². The first kappa shape index (κ1) is 17.1. The molecule has 0 N–H and O–H groups in total. The van der Waals surface area contributed by atoms with Crippen molar-refractivity contribution in [2.75, 3.05) is 17.1 Å². The number of hydrogen-bond donors (Lipinski definition) is 0. The van der Waals surface area contributed by atoms with Gasteiger partial charge in [-0.1, -0.05) is 24.3 Å². The molecule has 1 amide bonds. The molecule has 0 aliphatic carbocycles. The quantitative estimate of drug-likeness (QED) is 0.816. The molecule has 2 aromatic rings. The molecule has 0 saturated heterocycles. The highest BCUT2D eigenvalue weighted by atomic mass is 32.2. The van der Waals surface area contributed by atoms with Gasteiger partial charge in [0.2, 0.25) is 10.0 Å². The second kappa shape index (κ2) is 6.13. The zero-order valence-electron chi connectivity index (χ0n) is 15.0. The zero-order chi connectivity index (χ0) is 18.5. The molecule has 6 heteroatoms. The lowest BCUT2D eigenvalue weighted by molar-refractivity contribution is 0.0734. The van der Waals surface area contributed by atoms with Crippen molar-refractivity contribution in [2.45, 2.75) is 32.4 Å². The maximum atomic E-state index is 13.0. The van der Waals surface area contributed by atoms with Crippen molar-refractivity contribution in [1.82, 2.24) is 4.90 Å². The lowest BCUT2D eigenvalue weighted by Crippen LogP contribution is -2.36. The van der Waals surface area contributed by atoms with E-state index in [9.17, 15) is 13.2 Å². The van der Waals surface area contributed by atoms with Crippen LogP contribution in [0.2, 0.25) is 0 Å². The molecule has 136 valence electrons. The van der Waals surface area contributed by atoms with Gasteiger partial charge in [0.15, 0.2) is 0 Å². The molecule has 0 fully saturated rings. The summed E-state index contributed by atoms with van der Waals surface area (Å²) in [7, 11) is -3.31. The normalized spacial score (nSPS) is 19.2. The third-order valence-corrected chi connectivity index (χ3v) is 6.53. The lowest BCUT2D eigenvalue weighted by atomic mass is 9.99. The van der Waals surface area contributed by atoms with Crippen molar-refractivity contribution in [3.63, 3.8) is 0 Å². The van der Waals surface area contributed by atoms with E-state index in [1.807, 2.05) is 30.0 Å². The summed E-state index contributed by atoms with van der Waals surface area (Å²) < 4.78 is 25.5. The van der Waals surface area contributed by atoms with Gasteiger partial charge in [-0.2, -0.15) is 0 Å². The number of carbonyl (C=O) groups is 1. The van der Waals surface area contributed by atoms with Crippen LogP contribution in [-0.2, 0) is 29.4 Å². The lowest BCUT2D eigenvalue weighted by Gasteiger charge is -2.29. The van der Waals surface area contributed by atoms with E-state index in [0.29, 0.717) is 30.8 Å². The monoisotopic (exact) mass is 370 g/mol. The van der Waals surface area contributed by atoms with Gasteiger partial charge in [-0.3, -0.25) is 9.10 Å². The first-order valence-electron chi connectivity index (χ1n) is 8.83. The van der Waals surface area contributed by atoms with E-state index in [1.165, 1.54) is 21.7 Å². The van der Waals surface area contributed by atoms with Crippen molar-refractivity contribution in [3.05, 3.63) is 64.7 Å². The highest BCUT2D eigenvalue weighted by Gasteiger charge is 2.33. The summed E-state index contributed by atoms with van der Waals surface area (Å²) in [5.41, 5.74) is 4.76. The maximum absolute atomic E-state index is 13.0. The van der Waals surface area contributed by atoms with Gasteiger partial charge in [0.1, 0.15) is 0 Å². The molecule has 2 aliphatic rings. The number of benzene rings is 2. The van der Waals surface area contributed by atoms with E-state index in [4.69, 9.17) is 0 Å². The Kier molecular flexibility index (Phi) is 4.03. The van der Waals surface area contributed by atoms with E-state index in [-0.39, 0.29) is 11.9 Å². The molecule has 5 nitrogen and oxygen atoms in total. The average molecular weight is 370 g/mol. The molecule has 0 saturated carbocycles. The predicted octanol–water partition coefficient (Wildman–Crippen LogP) is 2.60. The van der Waals surface area contributed by atoms with Crippen molar-refractivity contribution in [1.29, 1.82) is 0 Å². The summed E-state index contributed by atoms with van der Waals surface area (Å²) in [5, 5.41) is 0. The van der Waals surface area contributed by atoms with Gasteiger partial charge in [-0.05, 0) is 54.7 Å². The molecular weight excluding hydrogens is 348 g/mol. The van der Waals surface area contributed by atoms with E-state index in [2.05, 4.69) is 12.1 Å². The van der Waals surface area contributed by atoms with Gasteiger partial charge in [0.05, 0.1) is 11.9 Å². The first-order chi connectivity index (χ1) is 12.3. The molecule has 2 heterocycles. The number of sulfonamides is 1. The van der Waals surface area contributed by atoms with E-state index >= 15 is 0 Å². The zero-order valence-corrected chi connectivity index (χ0v) is 15.8. The number of anilines is 1. The molecule has 1 unspecified atom stereocenters. The molecule has 26 heavy (non-hydrogen) atoms. The molecule has 0 spiro atoms. The number of fused-ring (bicyclic) bond motifs is 2. The highest BCUT2D eigenvalue weighted by Crippen LogP contribution is 2.35. The summed E-state index contributed by atoms with van der Waals surface area (Å²) in [6.45, 7) is 3.22. The van der Waals surface area contributed by atoms with Gasteiger partial charge >= 0.3 is 0 Å². The van der Waals surface area contributed by atoms with Crippen LogP contribution in [0.5, 0.6) is 0 Å². The third-order valence-electron chi connectivity index (χ3n) is 5.25. The number of amides is 1. The van der Waals surface area contributed by atoms with Gasteiger partial charge < -0.3 is 4.90 Å². The molecule has 4 rings (SSSR count). The summed E-state index contributed by atoms with van der Waals surface area (Å²) in [6, 6.07) is 13.5. The van der Waals surface area contributed by atoms with Crippen LogP contribution >= 0.6 is 0 Å². The van der Waals surface area contributed by atoms with E-state index in [1.54, 1.807) is 12.1 Å². The smallest absolute Gasteiger partial charge is 0.254 e. The van der Waals surface area contributed by atoms with Crippen LogP contribution in [0.1, 0.15) is 34.0 Å². The average Bonchev–Trinajstić information content (AvgIpc) is 2.95. The Labute approximate surface area is 154 Å². The molecular formula is C20H22N2O3S. The second-order valence-corrected chi connectivity index (χ2v) is 9.06. The number of hydrogen-bond acceptors (Lipinski definition) is 3. The number of carbonyl (C=O) groups excluding carboxylic acids is 1. The largest absolute Gasteiger partial charge is 0.334 e. The van der Waals surface area contributed by atoms with Gasteiger partial charge in [0.25, 0.3) is 5.91 Å². The fourth-order valence-electron chi connectivity index (χ4n) is 4.09. The first-order valence-corrected chi connectivity index (χ1v) is 10.7. The standard InChI is InChI=1S/C20H22N2O3S/c1-14-11-18-12-16(7-8-19(18)22(14)26(2,24)25)20(23)21-10-9-15-5-3-4-6-17(15)13-21/h3-8,12,14H,9-11,13H2,1-2H3. The minimum absolute atomic E-state index is 0.00719. The van der Waals surface area contributed by atoms with Crippen molar-refractivity contribution >= 4 is 21.6 Å². The Bertz CT molecular complexity index is 984. The van der Waals surface area contributed by atoms with Gasteiger partial charge in [-0.15, -0.1) is 0 Å². The van der Waals surface area contributed by atoms with Gasteiger partial charge in [-0.25, -0.2) is 8.42 Å². The molecule has 2 aromatic carbocycles. The Morgan fingerprint density at radius 3 is 2.54 bits per heavy atom. The summed E-state index contributed by atoms with van der Waals surface area (Å²) >= 11 is 0. The number of nitrogens with zero attached hydrogens (tertiary/aromatic N) is 2. The Hall–Kier alpha value is -2.34. The summed E-state index contributed by atoms with van der Waals surface area (Å²) in [4.78, 5) is 14.8. The molecule has 0 radical (unpaired) electrons. The van der Waals surface area contributed by atoms with Crippen molar-refractivity contribution in [2.24, 2.45) is 0 Å². The van der Waals surface area contributed by atoms with Gasteiger partial charge in [0, 0.05) is 24.7 Å². The topological polar surface area (TPSA) is 57.7 Å². The van der Waals surface area contributed by atoms with Crippen LogP contribution in [0.3, 0.4) is 0 Å². The van der Waals surface area contributed by atoms with Crippen LogP contribution in [0.15, 0.2) is 42.5 Å². The second-order valence-electron chi connectivity index (χ2n) is 7.20. The fourth-order valence-corrected chi connectivity index (χ4v) is 5.36. The van der Waals surface area contributed by atoms with Crippen molar-refractivity contribution < 1.29 is 13.2 Å². The van der Waals surface area contributed by atoms with E-state index < -0.39 is 10.0 Å². The van der Waals surface area contributed by atoms with Crippen LogP contribution in [0.4, 0.5) is 5.69 Å². The number of rotatable bonds is 2. The predicted molar refractivity (Wildman–Crippen MR) is 102 cm³/mol. The summed E-state index contributed by atoms with van der Waals surface area (Å²) in [6.07, 6.45) is 2.72. The third kappa shape index (κ3) is 2.88. The van der Waals surface area contributed by atoms with Crippen LogP contribution in [0, 0.1) is 0 Å². The highest BCUT2D eigenvalue weighted by molar-refractivity contribution is 7.92.